The van der Waals surface area contributed by atoms with E-state index in [1.807, 2.05) is 42.0 Å². The number of rotatable bonds is 8. The van der Waals surface area contributed by atoms with E-state index in [-0.39, 0.29) is 12.5 Å². The molecular formula is C23H24N4O5. The maximum absolute atomic E-state index is 12.9. The molecule has 0 radical (unpaired) electrons. The number of benzene rings is 2. The first kappa shape index (κ1) is 21.2. The molecule has 4 aromatic rings. The highest BCUT2D eigenvalue weighted by Gasteiger charge is 2.18. The van der Waals surface area contributed by atoms with Crippen LogP contribution < -0.4 is 19.5 Å². The van der Waals surface area contributed by atoms with Crippen molar-refractivity contribution >= 4 is 22.5 Å². The maximum Gasteiger partial charge on any atom is 0.249 e. The smallest absolute Gasteiger partial charge is 0.249 e. The second-order valence-electron chi connectivity index (χ2n) is 7.00. The van der Waals surface area contributed by atoms with Crippen LogP contribution in [0.4, 0.5) is 5.69 Å². The van der Waals surface area contributed by atoms with E-state index in [9.17, 15) is 4.79 Å². The van der Waals surface area contributed by atoms with Crippen LogP contribution in [-0.4, -0.2) is 42.0 Å². The summed E-state index contributed by atoms with van der Waals surface area (Å²) in [7, 11) is 4.58. The molecule has 0 bridgehead atoms. The summed E-state index contributed by atoms with van der Waals surface area (Å²) >= 11 is 0. The minimum Gasteiger partial charge on any atom is -0.493 e. The van der Waals surface area contributed by atoms with Gasteiger partial charge in [0.1, 0.15) is 6.54 Å². The molecule has 2 aromatic heterocycles. The van der Waals surface area contributed by atoms with E-state index in [0.29, 0.717) is 41.1 Å². The summed E-state index contributed by atoms with van der Waals surface area (Å²) in [6, 6.07) is 11.1. The third kappa shape index (κ3) is 3.96. The lowest BCUT2D eigenvalue weighted by Gasteiger charge is -2.15. The molecule has 1 amide bonds. The average Bonchev–Trinajstić information content (AvgIpc) is 3.43. The number of aryl methyl sites for hydroxylation is 1. The molecule has 4 rings (SSSR count). The van der Waals surface area contributed by atoms with Crippen LogP contribution in [0.3, 0.4) is 0 Å². The summed E-state index contributed by atoms with van der Waals surface area (Å²) in [5.41, 5.74) is 2.21. The lowest BCUT2D eigenvalue weighted by Crippen LogP contribution is -2.18. The first-order valence-corrected chi connectivity index (χ1v) is 10.1. The highest BCUT2D eigenvalue weighted by Crippen LogP contribution is 2.40. The molecule has 0 saturated heterocycles. The first-order chi connectivity index (χ1) is 15.6. The number of carbonyl (C=O) groups excluding carboxylic acids is 1. The lowest BCUT2D eigenvalue weighted by molar-refractivity contribution is -0.116. The Bertz CT molecular complexity index is 1240. The number of hydrogen-bond acceptors (Lipinski definition) is 7. The topological polar surface area (TPSA) is 101 Å². The molecule has 0 spiro atoms. The second-order valence-corrected chi connectivity index (χ2v) is 7.00. The molecule has 166 valence electrons. The summed E-state index contributed by atoms with van der Waals surface area (Å²) in [4.78, 5) is 12.9. The van der Waals surface area contributed by atoms with E-state index in [0.717, 1.165) is 16.5 Å². The summed E-state index contributed by atoms with van der Waals surface area (Å²) < 4.78 is 23.6. The van der Waals surface area contributed by atoms with Crippen molar-refractivity contribution in [3.8, 4) is 28.7 Å². The van der Waals surface area contributed by atoms with Crippen LogP contribution in [0.2, 0.25) is 0 Å². The number of hydrogen-bond donors (Lipinski definition) is 1. The minimum absolute atomic E-state index is 0.0892. The molecule has 2 heterocycles. The van der Waals surface area contributed by atoms with Gasteiger partial charge in [-0.2, -0.15) is 0 Å². The van der Waals surface area contributed by atoms with Gasteiger partial charge in [-0.3, -0.25) is 4.79 Å². The zero-order valence-corrected chi connectivity index (χ0v) is 18.3. The number of nitrogens with zero attached hydrogens (tertiary/aromatic N) is 3. The van der Waals surface area contributed by atoms with Gasteiger partial charge in [-0.25, -0.2) is 0 Å². The first-order valence-electron chi connectivity index (χ1n) is 10.1. The summed E-state index contributed by atoms with van der Waals surface area (Å²) in [6.07, 6.45) is 2.51. The molecular weight excluding hydrogens is 412 g/mol. The fourth-order valence-electron chi connectivity index (χ4n) is 3.56. The number of amides is 1. The summed E-state index contributed by atoms with van der Waals surface area (Å²) in [5, 5.41) is 12.0. The van der Waals surface area contributed by atoms with Gasteiger partial charge in [0, 0.05) is 41.3 Å². The minimum atomic E-state index is -0.216. The standard InChI is InChI=1S/C23H24N4O5/c1-5-21-25-26-23(32-21)16-12-27(17-9-7-6-8-15(16)17)13-20(28)24-14-10-18(29-2)22(31-4)19(11-14)30-3/h6-12H,5,13H2,1-4H3,(H,24,28). The highest BCUT2D eigenvalue weighted by molar-refractivity contribution is 5.97. The number of fused-ring (bicyclic) bond motifs is 1. The quantitative estimate of drug-likeness (QED) is 0.447. The lowest BCUT2D eigenvalue weighted by atomic mass is 10.2. The zero-order valence-electron chi connectivity index (χ0n) is 18.3. The van der Waals surface area contributed by atoms with E-state index in [1.54, 1.807) is 12.1 Å². The number of methoxy groups -OCH3 is 3. The number of anilines is 1. The van der Waals surface area contributed by atoms with Crippen molar-refractivity contribution < 1.29 is 23.4 Å². The predicted molar refractivity (Wildman–Crippen MR) is 119 cm³/mol. The third-order valence-corrected chi connectivity index (χ3v) is 5.05. The van der Waals surface area contributed by atoms with E-state index < -0.39 is 0 Å². The van der Waals surface area contributed by atoms with Gasteiger partial charge < -0.3 is 28.5 Å². The number of nitrogens with one attached hydrogen (secondary N) is 1. The Labute approximate surface area is 184 Å². The zero-order chi connectivity index (χ0) is 22.7. The Kier molecular flexibility index (Phi) is 5.98. The summed E-state index contributed by atoms with van der Waals surface area (Å²) in [5.74, 6) is 2.16. The normalized spacial score (nSPS) is 10.9. The molecule has 9 heteroatoms. The van der Waals surface area contributed by atoms with Crippen molar-refractivity contribution in [3.63, 3.8) is 0 Å². The monoisotopic (exact) mass is 436 g/mol. The molecule has 0 saturated carbocycles. The van der Waals surface area contributed by atoms with Crippen LogP contribution in [0.25, 0.3) is 22.4 Å². The van der Waals surface area contributed by atoms with Crippen molar-refractivity contribution in [1.82, 2.24) is 14.8 Å². The van der Waals surface area contributed by atoms with E-state index >= 15 is 0 Å². The molecule has 0 aliphatic heterocycles. The molecule has 0 fully saturated rings. The predicted octanol–water partition coefficient (Wildman–Crippen LogP) is 3.92. The van der Waals surface area contributed by atoms with Crippen molar-refractivity contribution in [2.75, 3.05) is 26.6 Å². The fourth-order valence-corrected chi connectivity index (χ4v) is 3.56. The molecule has 9 nitrogen and oxygen atoms in total. The maximum atomic E-state index is 12.9. The van der Waals surface area contributed by atoms with Gasteiger partial charge in [0.25, 0.3) is 0 Å². The second kappa shape index (κ2) is 9.01. The number of aromatic nitrogens is 3. The van der Waals surface area contributed by atoms with Crippen LogP contribution in [0.5, 0.6) is 17.2 Å². The molecule has 0 unspecified atom stereocenters. The molecule has 0 aliphatic rings. The molecule has 0 aliphatic carbocycles. The average molecular weight is 436 g/mol. The van der Waals surface area contributed by atoms with Gasteiger partial charge in [0.05, 0.1) is 26.9 Å². The Morgan fingerprint density at radius 1 is 1.06 bits per heavy atom. The van der Waals surface area contributed by atoms with Crippen LogP contribution in [0.15, 0.2) is 47.0 Å². The third-order valence-electron chi connectivity index (χ3n) is 5.05. The largest absolute Gasteiger partial charge is 0.493 e. The molecule has 32 heavy (non-hydrogen) atoms. The Morgan fingerprint density at radius 2 is 1.78 bits per heavy atom. The van der Waals surface area contributed by atoms with Gasteiger partial charge in [0.2, 0.25) is 23.4 Å². The Balaban J connectivity index is 1.62. The van der Waals surface area contributed by atoms with Crippen molar-refractivity contribution in [1.29, 1.82) is 0 Å². The van der Waals surface area contributed by atoms with Crippen LogP contribution >= 0.6 is 0 Å². The molecule has 0 atom stereocenters. The Hall–Kier alpha value is -4.01. The SMILES string of the molecule is CCc1nnc(-c2cn(CC(=O)Nc3cc(OC)c(OC)c(OC)c3)c3ccccc23)o1. The van der Waals surface area contributed by atoms with E-state index in [1.165, 1.54) is 21.3 Å². The Morgan fingerprint density at radius 3 is 2.41 bits per heavy atom. The molecule has 1 N–H and O–H groups in total. The van der Waals surface area contributed by atoms with Crippen molar-refractivity contribution in [2.24, 2.45) is 0 Å². The van der Waals surface area contributed by atoms with Crippen molar-refractivity contribution in [2.45, 2.75) is 19.9 Å². The van der Waals surface area contributed by atoms with Gasteiger partial charge in [-0.15, -0.1) is 10.2 Å². The number of carbonyl (C=O) groups is 1. The van der Waals surface area contributed by atoms with Crippen molar-refractivity contribution in [3.05, 3.63) is 48.5 Å². The highest BCUT2D eigenvalue weighted by atomic mass is 16.5. The van der Waals surface area contributed by atoms with Crippen LogP contribution in [0.1, 0.15) is 12.8 Å². The van der Waals surface area contributed by atoms with E-state index in [2.05, 4.69) is 15.5 Å². The van der Waals surface area contributed by atoms with Gasteiger partial charge in [-0.05, 0) is 6.07 Å². The number of ether oxygens (including phenoxy) is 3. The summed E-state index contributed by atoms with van der Waals surface area (Å²) in [6.45, 7) is 2.04. The van der Waals surface area contributed by atoms with Gasteiger partial charge in [0.15, 0.2) is 11.5 Å². The van der Waals surface area contributed by atoms with E-state index in [4.69, 9.17) is 18.6 Å². The van der Waals surface area contributed by atoms with Gasteiger partial charge in [-0.1, -0.05) is 25.1 Å². The molecule has 2 aromatic carbocycles. The van der Waals surface area contributed by atoms with Crippen LogP contribution in [0, 0.1) is 0 Å². The fraction of sp³-hybridized carbons (Fsp3) is 0.261. The van der Waals surface area contributed by atoms with Gasteiger partial charge >= 0.3 is 0 Å². The van der Waals surface area contributed by atoms with Crippen LogP contribution in [-0.2, 0) is 17.8 Å². The number of para-hydroxylation sites is 1.